The van der Waals surface area contributed by atoms with E-state index < -0.39 is 17.3 Å². The fourth-order valence-corrected chi connectivity index (χ4v) is 1.99. The molecule has 5 heteroatoms. The van der Waals surface area contributed by atoms with Crippen LogP contribution in [0.4, 0.5) is 14.5 Å². The first-order valence-electron chi connectivity index (χ1n) is 5.63. The molecule has 0 aliphatic carbocycles. The number of carbonyl (C=O) groups excluding carboxylic acids is 1. The molecule has 1 aliphatic heterocycles. The van der Waals surface area contributed by atoms with Gasteiger partial charge in [-0.25, -0.2) is 8.78 Å². The summed E-state index contributed by atoms with van der Waals surface area (Å²) in [6.07, 6.45) is 2.96. The molecular formula is C12H14F2N2O. The molecule has 0 atom stereocenters. The lowest BCUT2D eigenvalue weighted by Crippen LogP contribution is -2.35. The summed E-state index contributed by atoms with van der Waals surface area (Å²) in [6, 6.07) is 1.99. The number of rotatable bonds is 1. The number of nitrogen functional groups attached to an aromatic ring is 1. The third kappa shape index (κ3) is 2.38. The second-order valence-electron chi connectivity index (χ2n) is 4.21. The van der Waals surface area contributed by atoms with E-state index in [0.717, 1.165) is 31.4 Å². The van der Waals surface area contributed by atoms with Crippen LogP contribution in [0.5, 0.6) is 0 Å². The first kappa shape index (κ1) is 11.8. The highest BCUT2D eigenvalue weighted by Gasteiger charge is 2.20. The predicted molar refractivity (Wildman–Crippen MR) is 60.5 cm³/mol. The minimum Gasteiger partial charge on any atom is -0.394 e. The number of benzene rings is 1. The number of amides is 1. The number of nitrogens with zero attached hydrogens (tertiary/aromatic N) is 1. The van der Waals surface area contributed by atoms with E-state index in [2.05, 4.69) is 0 Å². The molecule has 1 heterocycles. The number of anilines is 1. The van der Waals surface area contributed by atoms with Gasteiger partial charge in [0.05, 0.1) is 0 Å². The second kappa shape index (κ2) is 4.69. The Hall–Kier alpha value is -1.65. The maximum absolute atomic E-state index is 13.2. The first-order valence-corrected chi connectivity index (χ1v) is 5.63. The summed E-state index contributed by atoms with van der Waals surface area (Å²) in [5.74, 6) is -2.10. The summed E-state index contributed by atoms with van der Waals surface area (Å²) < 4.78 is 26.5. The molecule has 1 fully saturated rings. The van der Waals surface area contributed by atoms with Gasteiger partial charge in [-0.3, -0.25) is 4.79 Å². The molecule has 0 radical (unpaired) electrons. The monoisotopic (exact) mass is 240 g/mol. The predicted octanol–water partition coefficient (Wildman–Crippen LogP) is 2.17. The normalized spacial score (nSPS) is 16.0. The van der Waals surface area contributed by atoms with Crippen molar-refractivity contribution >= 4 is 11.6 Å². The summed E-state index contributed by atoms with van der Waals surface area (Å²) >= 11 is 0. The standard InChI is InChI=1S/C12H14F2N2O/c13-9-6-8(7-10(14)11(9)15)12(17)16-4-2-1-3-5-16/h6-7H,1-5,15H2. The summed E-state index contributed by atoms with van der Waals surface area (Å²) in [6.45, 7) is 1.29. The molecule has 0 spiro atoms. The van der Waals surface area contributed by atoms with Crippen molar-refractivity contribution in [2.24, 2.45) is 0 Å². The van der Waals surface area contributed by atoms with Gasteiger partial charge in [-0.2, -0.15) is 0 Å². The number of hydrogen-bond donors (Lipinski definition) is 1. The molecule has 0 saturated carbocycles. The van der Waals surface area contributed by atoms with E-state index in [1.165, 1.54) is 0 Å². The SMILES string of the molecule is Nc1c(F)cc(C(=O)N2CCCCC2)cc1F. The number of hydrogen-bond acceptors (Lipinski definition) is 2. The molecule has 0 unspecified atom stereocenters. The molecule has 1 aromatic carbocycles. The zero-order valence-corrected chi connectivity index (χ0v) is 9.38. The lowest BCUT2D eigenvalue weighted by Gasteiger charge is -2.26. The lowest BCUT2D eigenvalue weighted by atomic mass is 10.1. The van der Waals surface area contributed by atoms with Crippen LogP contribution in [0.3, 0.4) is 0 Å². The van der Waals surface area contributed by atoms with Gasteiger partial charge < -0.3 is 10.6 Å². The molecule has 2 N–H and O–H groups in total. The highest BCUT2D eigenvalue weighted by atomic mass is 19.1. The Balaban J connectivity index is 2.24. The van der Waals surface area contributed by atoms with Crippen molar-refractivity contribution < 1.29 is 13.6 Å². The van der Waals surface area contributed by atoms with Crippen molar-refractivity contribution in [1.82, 2.24) is 4.90 Å². The molecular weight excluding hydrogens is 226 g/mol. The van der Waals surface area contributed by atoms with E-state index >= 15 is 0 Å². The van der Waals surface area contributed by atoms with Crippen LogP contribution in [-0.2, 0) is 0 Å². The van der Waals surface area contributed by atoms with Gasteiger partial charge >= 0.3 is 0 Å². The highest BCUT2D eigenvalue weighted by Crippen LogP contribution is 2.20. The summed E-state index contributed by atoms with van der Waals surface area (Å²) in [5.41, 5.74) is 4.64. The molecule has 1 aliphatic rings. The third-order valence-electron chi connectivity index (χ3n) is 2.97. The molecule has 92 valence electrons. The maximum atomic E-state index is 13.2. The van der Waals surface area contributed by atoms with Gasteiger partial charge in [0, 0.05) is 18.7 Å². The van der Waals surface area contributed by atoms with E-state index in [-0.39, 0.29) is 11.5 Å². The Labute approximate surface area is 98.2 Å². The van der Waals surface area contributed by atoms with Crippen LogP contribution >= 0.6 is 0 Å². The Kier molecular flexibility index (Phi) is 3.26. The quantitative estimate of drug-likeness (QED) is 0.765. The van der Waals surface area contributed by atoms with E-state index in [9.17, 15) is 13.6 Å². The zero-order valence-electron chi connectivity index (χ0n) is 9.38. The molecule has 1 saturated heterocycles. The summed E-state index contributed by atoms with van der Waals surface area (Å²) in [4.78, 5) is 13.6. The van der Waals surface area contributed by atoms with Gasteiger partial charge in [0.2, 0.25) is 0 Å². The maximum Gasteiger partial charge on any atom is 0.254 e. The molecule has 3 nitrogen and oxygen atoms in total. The molecule has 2 rings (SSSR count). The van der Waals surface area contributed by atoms with Crippen LogP contribution in [0.15, 0.2) is 12.1 Å². The van der Waals surface area contributed by atoms with Crippen LogP contribution in [0.2, 0.25) is 0 Å². The zero-order chi connectivity index (χ0) is 12.4. The van der Waals surface area contributed by atoms with Gasteiger partial charge in [-0.15, -0.1) is 0 Å². The summed E-state index contributed by atoms with van der Waals surface area (Å²) in [5, 5.41) is 0. The van der Waals surface area contributed by atoms with Crippen LogP contribution in [0, 0.1) is 11.6 Å². The average molecular weight is 240 g/mol. The van der Waals surface area contributed by atoms with Crippen molar-refractivity contribution in [2.45, 2.75) is 19.3 Å². The Bertz CT molecular complexity index is 419. The van der Waals surface area contributed by atoms with Gasteiger partial charge in [0.1, 0.15) is 17.3 Å². The lowest BCUT2D eigenvalue weighted by molar-refractivity contribution is 0.0723. The first-order chi connectivity index (χ1) is 8.09. The van der Waals surface area contributed by atoms with Crippen molar-refractivity contribution in [3.63, 3.8) is 0 Å². The third-order valence-corrected chi connectivity index (χ3v) is 2.97. The molecule has 17 heavy (non-hydrogen) atoms. The van der Waals surface area contributed by atoms with Gasteiger partial charge in [-0.1, -0.05) is 0 Å². The molecule has 1 aromatic rings. The fraction of sp³-hybridized carbons (Fsp3) is 0.417. The Morgan fingerprint density at radius 1 is 1.12 bits per heavy atom. The van der Waals surface area contributed by atoms with Crippen molar-refractivity contribution in [1.29, 1.82) is 0 Å². The Morgan fingerprint density at radius 2 is 1.65 bits per heavy atom. The van der Waals surface area contributed by atoms with Gasteiger partial charge in [0.25, 0.3) is 5.91 Å². The largest absolute Gasteiger partial charge is 0.394 e. The number of nitrogens with two attached hydrogens (primary N) is 1. The summed E-state index contributed by atoms with van der Waals surface area (Å²) in [7, 11) is 0. The van der Waals surface area contributed by atoms with E-state index in [1.54, 1.807) is 4.90 Å². The van der Waals surface area contributed by atoms with Gasteiger partial charge in [-0.05, 0) is 31.4 Å². The fourth-order valence-electron chi connectivity index (χ4n) is 1.99. The van der Waals surface area contributed by atoms with Gasteiger partial charge in [0.15, 0.2) is 0 Å². The smallest absolute Gasteiger partial charge is 0.254 e. The van der Waals surface area contributed by atoms with E-state index in [0.29, 0.717) is 13.1 Å². The number of carbonyl (C=O) groups is 1. The minimum atomic E-state index is -0.884. The molecule has 0 bridgehead atoms. The number of halogens is 2. The van der Waals surface area contributed by atoms with Crippen molar-refractivity contribution in [2.75, 3.05) is 18.8 Å². The molecule has 1 amide bonds. The van der Waals surface area contributed by atoms with Crippen LogP contribution < -0.4 is 5.73 Å². The molecule has 0 aromatic heterocycles. The van der Waals surface area contributed by atoms with Crippen LogP contribution in [0.1, 0.15) is 29.6 Å². The topological polar surface area (TPSA) is 46.3 Å². The average Bonchev–Trinajstić information content (AvgIpc) is 2.35. The van der Waals surface area contributed by atoms with Crippen LogP contribution in [-0.4, -0.2) is 23.9 Å². The van der Waals surface area contributed by atoms with Crippen molar-refractivity contribution in [3.05, 3.63) is 29.3 Å². The number of piperidine rings is 1. The van der Waals surface area contributed by atoms with Crippen LogP contribution in [0.25, 0.3) is 0 Å². The van der Waals surface area contributed by atoms with E-state index in [1.807, 2.05) is 0 Å². The minimum absolute atomic E-state index is 0.0242. The van der Waals surface area contributed by atoms with E-state index in [4.69, 9.17) is 5.73 Å². The van der Waals surface area contributed by atoms with Crippen molar-refractivity contribution in [3.8, 4) is 0 Å². The highest BCUT2D eigenvalue weighted by molar-refractivity contribution is 5.94. The second-order valence-corrected chi connectivity index (χ2v) is 4.21. The Morgan fingerprint density at radius 3 is 2.18 bits per heavy atom. The number of likely N-dealkylation sites (tertiary alicyclic amines) is 1.